The lowest BCUT2D eigenvalue weighted by atomic mass is 10.2. The molecule has 2 nitrogen and oxygen atoms in total. The Kier molecular flexibility index (Phi) is 4.96. The molecule has 0 unspecified atom stereocenters. The van der Waals surface area contributed by atoms with Crippen LogP contribution in [0.15, 0.2) is 34.2 Å². The molecule has 0 saturated heterocycles. The van der Waals surface area contributed by atoms with Gasteiger partial charge in [0.15, 0.2) is 0 Å². The van der Waals surface area contributed by atoms with Gasteiger partial charge in [-0.05, 0) is 18.2 Å². The van der Waals surface area contributed by atoms with Gasteiger partial charge in [0.1, 0.15) is 16.0 Å². The predicted molar refractivity (Wildman–Crippen MR) is 81.7 cm³/mol. The topological polar surface area (TPSA) is 25.8 Å². The van der Waals surface area contributed by atoms with Crippen LogP contribution < -0.4 is 0 Å². The van der Waals surface area contributed by atoms with E-state index in [1.807, 2.05) is 19.9 Å². The van der Waals surface area contributed by atoms with Crippen molar-refractivity contribution < 1.29 is 0 Å². The van der Waals surface area contributed by atoms with E-state index in [1.54, 1.807) is 18.2 Å². The largest absolute Gasteiger partial charge is 0.226 e. The van der Waals surface area contributed by atoms with E-state index in [-0.39, 0.29) is 5.92 Å². The minimum atomic E-state index is 0.229. The van der Waals surface area contributed by atoms with Crippen molar-refractivity contribution in [1.82, 2.24) is 9.97 Å². The van der Waals surface area contributed by atoms with Crippen LogP contribution in [0.25, 0.3) is 0 Å². The molecule has 0 N–H and O–H groups in total. The Morgan fingerprint density at radius 2 is 1.74 bits per heavy atom. The number of benzene rings is 1. The standard InChI is InChI=1S/C13H11Cl3N2S/c1-7(2)13-17-11(16)6-12(18-13)19-8-3-4-9(14)10(15)5-8/h3-7H,1-2H3. The van der Waals surface area contributed by atoms with Crippen molar-refractivity contribution in [3.05, 3.63) is 45.3 Å². The molecule has 0 fully saturated rings. The van der Waals surface area contributed by atoms with Gasteiger partial charge >= 0.3 is 0 Å². The van der Waals surface area contributed by atoms with E-state index in [9.17, 15) is 0 Å². The average Bonchev–Trinajstić information content (AvgIpc) is 2.33. The highest BCUT2D eigenvalue weighted by molar-refractivity contribution is 7.99. The highest BCUT2D eigenvalue weighted by atomic mass is 35.5. The first-order chi connectivity index (χ1) is 8.95. The van der Waals surface area contributed by atoms with E-state index in [1.165, 1.54) is 11.8 Å². The van der Waals surface area contributed by atoms with Crippen molar-refractivity contribution in [3.8, 4) is 0 Å². The second kappa shape index (κ2) is 6.31. The van der Waals surface area contributed by atoms with E-state index in [4.69, 9.17) is 34.8 Å². The summed E-state index contributed by atoms with van der Waals surface area (Å²) in [5.41, 5.74) is 0. The Labute approximate surface area is 131 Å². The number of nitrogens with zero attached hydrogens (tertiary/aromatic N) is 2. The van der Waals surface area contributed by atoms with Crippen molar-refractivity contribution in [1.29, 1.82) is 0 Å². The van der Waals surface area contributed by atoms with Gasteiger partial charge in [0.25, 0.3) is 0 Å². The van der Waals surface area contributed by atoms with Gasteiger partial charge in [0, 0.05) is 16.9 Å². The molecule has 0 amide bonds. The second-order valence-corrected chi connectivity index (χ2v) is 6.52. The van der Waals surface area contributed by atoms with E-state index >= 15 is 0 Å². The molecule has 1 aromatic heterocycles. The molecule has 6 heteroatoms. The van der Waals surface area contributed by atoms with E-state index in [0.29, 0.717) is 15.2 Å². The summed E-state index contributed by atoms with van der Waals surface area (Å²) in [4.78, 5) is 9.63. The van der Waals surface area contributed by atoms with Gasteiger partial charge < -0.3 is 0 Å². The van der Waals surface area contributed by atoms with Crippen LogP contribution in [-0.4, -0.2) is 9.97 Å². The van der Waals surface area contributed by atoms with Crippen molar-refractivity contribution in [2.45, 2.75) is 29.7 Å². The summed E-state index contributed by atoms with van der Waals surface area (Å²) >= 11 is 19.4. The average molecular weight is 334 g/mol. The van der Waals surface area contributed by atoms with Crippen LogP contribution in [0.4, 0.5) is 0 Å². The quantitative estimate of drug-likeness (QED) is 0.673. The molecule has 0 bridgehead atoms. The van der Waals surface area contributed by atoms with Gasteiger partial charge in [-0.15, -0.1) is 0 Å². The Balaban J connectivity index is 2.29. The fourth-order valence-electron chi connectivity index (χ4n) is 1.39. The summed E-state index contributed by atoms with van der Waals surface area (Å²) in [7, 11) is 0. The highest BCUT2D eigenvalue weighted by Gasteiger charge is 2.09. The van der Waals surface area contributed by atoms with Gasteiger partial charge in [-0.2, -0.15) is 0 Å². The third kappa shape index (κ3) is 3.99. The summed E-state index contributed by atoms with van der Waals surface area (Å²) in [6.45, 7) is 4.05. The van der Waals surface area contributed by atoms with E-state index in [2.05, 4.69) is 9.97 Å². The zero-order chi connectivity index (χ0) is 14.0. The first-order valence-corrected chi connectivity index (χ1v) is 7.58. The van der Waals surface area contributed by atoms with Crippen LogP contribution in [0.2, 0.25) is 15.2 Å². The van der Waals surface area contributed by atoms with Crippen LogP contribution in [0.5, 0.6) is 0 Å². The van der Waals surface area contributed by atoms with E-state index < -0.39 is 0 Å². The maximum absolute atomic E-state index is 6.01. The lowest BCUT2D eigenvalue weighted by molar-refractivity contribution is 0.753. The summed E-state index contributed by atoms with van der Waals surface area (Å²) in [5, 5.41) is 2.30. The van der Waals surface area contributed by atoms with Gasteiger partial charge in [0.05, 0.1) is 10.0 Å². The molecule has 0 aliphatic heterocycles. The molecule has 1 heterocycles. The first-order valence-electron chi connectivity index (χ1n) is 5.63. The van der Waals surface area contributed by atoms with Crippen molar-refractivity contribution >= 4 is 46.6 Å². The number of hydrogen-bond acceptors (Lipinski definition) is 3. The fourth-order valence-corrected chi connectivity index (χ4v) is 2.87. The summed E-state index contributed by atoms with van der Waals surface area (Å²) in [6, 6.07) is 7.20. The molecule has 2 aromatic rings. The summed E-state index contributed by atoms with van der Waals surface area (Å²) in [6.07, 6.45) is 0. The summed E-state index contributed by atoms with van der Waals surface area (Å²) < 4.78 is 0. The van der Waals surface area contributed by atoms with Crippen molar-refractivity contribution in [3.63, 3.8) is 0 Å². The van der Waals surface area contributed by atoms with Gasteiger partial charge in [0.2, 0.25) is 0 Å². The molecule has 19 heavy (non-hydrogen) atoms. The molecule has 0 saturated carbocycles. The molecular formula is C13H11Cl3N2S. The number of hydrogen-bond donors (Lipinski definition) is 0. The van der Waals surface area contributed by atoms with Crippen LogP contribution in [0, 0.1) is 0 Å². The van der Waals surface area contributed by atoms with Gasteiger partial charge in [-0.3, -0.25) is 0 Å². The zero-order valence-electron chi connectivity index (χ0n) is 10.3. The van der Waals surface area contributed by atoms with Crippen LogP contribution in [-0.2, 0) is 0 Å². The molecule has 0 radical (unpaired) electrons. The van der Waals surface area contributed by atoms with Gasteiger partial charge in [-0.25, -0.2) is 9.97 Å². The van der Waals surface area contributed by atoms with E-state index in [0.717, 1.165) is 15.7 Å². The number of aromatic nitrogens is 2. The maximum Gasteiger partial charge on any atom is 0.133 e. The maximum atomic E-state index is 6.01. The zero-order valence-corrected chi connectivity index (χ0v) is 13.4. The molecule has 1 aromatic carbocycles. The van der Waals surface area contributed by atoms with Crippen LogP contribution in [0.1, 0.15) is 25.6 Å². The SMILES string of the molecule is CC(C)c1nc(Cl)cc(Sc2ccc(Cl)c(Cl)c2)n1. The third-order valence-corrected chi connectivity index (χ3v) is 4.16. The minimum absolute atomic E-state index is 0.229. The lowest BCUT2D eigenvalue weighted by Crippen LogP contribution is -1.98. The Morgan fingerprint density at radius 3 is 2.37 bits per heavy atom. The van der Waals surface area contributed by atoms with Crippen LogP contribution in [0.3, 0.4) is 0 Å². The Hall–Kier alpha value is -0.480. The lowest BCUT2D eigenvalue weighted by Gasteiger charge is -2.07. The fraction of sp³-hybridized carbons (Fsp3) is 0.231. The minimum Gasteiger partial charge on any atom is -0.226 e. The summed E-state index contributed by atoms with van der Waals surface area (Å²) in [5.74, 6) is 0.960. The first kappa shape index (κ1) is 14.9. The smallest absolute Gasteiger partial charge is 0.133 e. The molecule has 2 rings (SSSR count). The predicted octanol–water partition coefficient (Wildman–Crippen LogP) is 5.71. The number of halogens is 3. The Morgan fingerprint density at radius 1 is 1.00 bits per heavy atom. The second-order valence-electron chi connectivity index (χ2n) is 4.22. The Bertz CT molecular complexity index is 602. The van der Waals surface area contributed by atoms with Crippen molar-refractivity contribution in [2.24, 2.45) is 0 Å². The third-order valence-electron chi connectivity index (χ3n) is 2.32. The highest BCUT2D eigenvalue weighted by Crippen LogP contribution is 2.32. The van der Waals surface area contributed by atoms with Crippen LogP contribution >= 0.6 is 46.6 Å². The molecule has 0 atom stereocenters. The molecular weight excluding hydrogens is 323 g/mol. The monoisotopic (exact) mass is 332 g/mol. The number of rotatable bonds is 3. The van der Waals surface area contributed by atoms with Gasteiger partial charge in [-0.1, -0.05) is 60.4 Å². The molecule has 100 valence electrons. The molecule has 0 spiro atoms. The molecule has 0 aliphatic carbocycles. The molecule has 0 aliphatic rings. The normalized spacial score (nSPS) is 11.1. The van der Waals surface area contributed by atoms with Crippen molar-refractivity contribution in [2.75, 3.05) is 0 Å².